The van der Waals surface area contributed by atoms with Crippen LogP contribution < -0.4 is 21.7 Å². The van der Waals surface area contributed by atoms with Gasteiger partial charge in [-0.3, -0.25) is 28.8 Å². The largest absolute Gasteiger partial charge is 0.481 e. The van der Waals surface area contributed by atoms with E-state index in [-0.39, 0.29) is 25.0 Å². The van der Waals surface area contributed by atoms with Crippen LogP contribution in [0.5, 0.6) is 0 Å². The van der Waals surface area contributed by atoms with Crippen molar-refractivity contribution in [1.29, 1.82) is 0 Å². The normalized spacial score (nSPS) is 13.4. The Labute approximate surface area is 170 Å². The van der Waals surface area contributed by atoms with E-state index in [0.29, 0.717) is 0 Å². The van der Waals surface area contributed by atoms with Crippen molar-refractivity contribution in [3.05, 3.63) is 0 Å². The first-order valence-corrected chi connectivity index (χ1v) is 9.01. The summed E-state index contributed by atoms with van der Waals surface area (Å²) in [6, 6.07) is -3.80. The third kappa shape index (κ3) is 11.5. The summed E-state index contributed by atoms with van der Waals surface area (Å²) in [5.74, 6) is -6.52. The zero-order valence-electron chi connectivity index (χ0n) is 15.3. The van der Waals surface area contributed by atoms with E-state index in [4.69, 9.17) is 21.1 Å². The maximum atomic E-state index is 12.3. The lowest BCUT2D eigenvalue weighted by Crippen LogP contribution is -2.56. The Kier molecular flexibility index (Phi) is 12.0. The van der Waals surface area contributed by atoms with Crippen LogP contribution in [0.25, 0.3) is 0 Å². The predicted octanol–water partition coefficient (Wildman–Crippen LogP) is -2.86. The number of nitrogens with two attached hydrogens (primary N) is 1. The van der Waals surface area contributed by atoms with E-state index in [0.717, 1.165) is 0 Å². The van der Waals surface area contributed by atoms with Crippen LogP contribution in [0.4, 0.5) is 0 Å². The molecule has 0 rings (SSSR count). The van der Waals surface area contributed by atoms with Crippen LogP contribution in [0.3, 0.4) is 0 Å². The third-order valence-electron chi connectivity index (χ3n) is 3.52. The van der Waals surface area contributed by atoms with Crippen LogP contribution in [-0.2, 0) is 28.8 Å². The first kappa shape index (κ1) is 26.1. The summed E-state index contributed by atoms with van der Waals surface area (Å²) in [7, 11) is 0. The van der Waals surface area contributed by atoms with Gasteiger partial charge in [0.05, 0.1) is 6.04 Å². The molecule has 0 aliphatic rings. The average molecular weight is 436 g/mol. The van der Waals surface area contributed by atoms with Crippen LogP contribution in [0.1, 0.15) is 25.7 Å². The molecule has 0 aliphatic heterocycles. The molecular formula is C15H24N4O9S. The van der Waals surface area contributed by atoms with Crippen molar-refractivity contribution in [2.24, 2.45) is 5.73 Å². The minimum atomic E-state index is -1.36. The van der Waals surface area contributed by atoms with Gasteiger partial charge < -0.3 is 37.0 Å². The maximum absolute atomic E-state index is 12.3. The molecule has 0 saturated heterocycles. The van der Waals surface area contributed by atoms with Gasteiger partial charge in [-0.1, -0.05) is 0 Å². The standard InChI is InChI=1S/C15H24N4O9S/c16-7(1-3-10(20)21)13(26)19-9(6-29)15(28)18-8(2-4-11(22)23)14(27)17-5-12(24)25/h7-9,29H,1-6,16H2,(H,17,27)(H,18,28)(H,19,26)(H,20,21)(H,22,23)(H,24,25). The average Bonchev–Trinajstić information content (AvgIpc) is 2.64. The number of amides is 3. The molecular weight excluding hydrogens is 412 g/mol. The van der Waals surface area contributed by atoms with Crippen molar-refractivity contribution in [2.45, 2.75) is 43.8 Å². The molecule has 29 heavy (non-hydrogen) atoms. The summed E-state index contributed by atoms with van der Waals surface area (Å²) in [5, 5.41) is 32.5. The Balaban J connectivity index is 4.99. The molecule has 0 aromatic rings. The molecule has 8 N–H and O–H groups in total. The zero-order valence-corrected chi connectivity index (χ0v) is 16.2. The third-order valence-corrected chi connectivity index (χ3v) is 3.88. The molecule has 0 saturated carbocycles. The SMILES string of the molecule is NC(CCC(=O)O)C(=O)NC(CS)C(=O)NC(CCC(=O)O)C(=O)NCC(=O)O. The monoisotopic (exact) mass is 436 g/mol. The Bertz CT molecular complexity index is 643. The van der Waals surface area contributed by atoms with Gasteiger partial charge in [-0.05, 0) is 12.8 Å². The van der Waals surface area contributed by atoms with Crippen molar-refractivity contribution in [3.8, 4) is 0 Å². The van der Waals surface area contributed by atoms with Gasteiger partial charge in [0.1, 0.15) is 18.6 Å². The topological polar surface area (TPSA) is 225 Å². The van der Waals surface area contributed by atoms with Gasteiger partial charge in [0, 0.05) is 18.6 Å². The number of carboxylic acids is 3. The van der Waals surface area contributed by atoms with Crippen molar-refractivity contribution in [1.82, 2.24) is 16.0 Å². The van der Waals surface area contributed by atoms with Crippen molar-refractivity contribution < 1.29 is 44.1 Å². The van der Waals surface area contributed by atoms with Gasteiger partial charge in [-0.15, -0.1) is 0 Å². The fourth-order valence-electron chi connectivity index (χ4n) is 1.98. The zero-order chi connectivity index (χ0) is 22.6. The highest BCUT2D eigenvalue weighted by Gasteiger charge is 2.28. The molecule has 0 spiro atoms. The van der Waals surface area contributed by atoms with Crippen molar-refractivity contribution in [2.75, 3.05) is 12.3 Å². The quantitative estimate of drug-likeness (QED) is 0.130. The Hall–Kier alpha value is -2.87. The summed E-state index contributed by atoms with van der Waals surface area (Å²) in [4.78, 5) is 68.1. The van der Waals surface area contributed by atoms with Gasteiger partial charge in [0.25, 0.3) is 0 Å². The Morgan fingerprint density at radius 1 is 0.759 bits per heavy atom. The predicted molar refractivity (Wildman–Crippen MR) is 100 cm³/mol. The van der Waals surface area contributed by atoms with Crippen molar-refractivity contribution in [3.63, 3.8) is 0 Å². The molecule has 3 atom stereocenters. The molecule has 13 nitrogen and oxygen atoms in total. The van der Waals surface area contributed by atoms with E-state index in [1.807, 2.05) is 5.32 Å². The van der Waals surface area contributed by atoms with Gasteiger partial charge in [0.15, 0.2) is 0 Å². The second-order valence-corrected chi connectivity index (χ2v) is 6.25. The number of hydrogen-bond donors (Lipinski definition) is 8. The Morgan fingerprint density at radius 3 is 1.76 bits per heavy atom. The molecule has 0 fully saturated rings. The van der Waals surface area contributed by atoms with Gasteiger partial charge in [-0.2, -0.15) is 12.6 Å². The number of carbonyl (C=O) groups is 6. The molecule has 3 amide bonds. The second kappa shape index (κ2) is 13.3. The lowest BCUT2D eigenvalue weighted by Gasteiger charge is -2.22. The number of rotatable bonds is 14. The lowest BCUT2D eigenvalue weighted by molar-refractivity contribution is -0.140. The molecule has 3 unspecified atom stereocenters. The molecule has 0 aromatic carbocycles. The van der Waals surface area contributed by atoms with Gasteiger partial charge in [-0.25, -0.2) is 0 Å². The van der Waals surface area contributed by atoms with Crippen LogP contribution in [0, 0.1) is 0 Å². The van der Waals surface area contributed by atoms with E-state index < -0.39 is 66.7 Å². The fraction of sp³-hybridized carbons (Fsp3) is 0.600. The minimum absolute atomic E-state index is 0.166. The van der Waals surface area contributed by atoms with Crippen LogP contribution >= 0.6 is 12.6 Å². The number of thiol groups is 1. The number of nitrogens with one attached hydrogen (secondary N) is 3. The first-order chi connectivity index (χ1) is 13.5. The molecule has 0 bridgehead atoms. The highest BCUT2D eigenvalue weighted by molar-refractivity contribution is 7.80. The number of hydrogen-bond acceptors (Lipinski definition) is 8. The van der Waals surface area contributed by atoms with Crippen molar-refractivity contribution >= 4 is 48.3 Å². The molecule has 0 heterocycles. The summed E-state index contributed by atoms with van der Waals surface area (Å²) >= 11 is 3.93. The fourth-order valence-corrected chi connectivity index (χ4v) is 2.23. The second-order valence-electron chi connectivity index (χ2n) is 5.89. The summed E-state index contributed by atoms with van der Waals surface area (Å²) in [6.07, 6.45) is -1.32. The van der Waals surface area contributed by atoms with E-state index in [1.54, 1.807) is 0 Å². The smallest absolute Gasteiger partial charge is 0.322 e. The van der Waals surface area contributed by atoms with Gasteiger partial charge >= 0.3 is 17.9 Å². The van der Waals surface area contributed by atoms with E-state index >= 15 is 0 Å². The Morgan fingerprint density at radius 2 is 1.28 bits per heavy atom. The summed E-state index contributed by atoms with van der Waals surface area (Å²) < 4.78 is 0. The lowest BCUT2D eigenvalue weighted by atomic mass is 10.1. The molecule has 164 valence electrons. The molecule has 14 heteroatoms. The molecule has 0 aliphatic carbocycles. The van der Waals surface area contributed by atoms with Crippen LogP contribution in [-0.4, -0.2) is 81.4 Å². The van der Waals surface area contributed by atoms with E-state index in [2.05, 4.69) is 23.3 Å². The minimum Gasteiger partial charge on any atom is -0.481 e. The molecule has 0 aromatic heterocycles. The summed E-state index contributed by atoms with van der Waals surface area (Å²) in [5.41, 5.74) is 5.55. The highest BCUT2D eigenvalue weighted by atomic mass is 32.1. The van der Waals surface area contributed by atoms with E-state index in [1.165, 1.54) is 0 Å². The number of carbonyl (C=O) groups excluding carboxylic acids is 3. The maximum Gasteiger partial charge on any atom is 0.322 e. The van der Waals surface area contributed by atoms with Crippen LogP contribution in [0.2, 0.25) is 0 Å². The highest BCUT2D eigenvalue weighted by Crippen LogP contribution is 2.02. The number of carboxylic acid groups (broad SMARTS) is 3. The van der Waals surface area contributed by atoms with Crippen LogP contribution in [0.15, 0.2) is 0 Å². The first-order valence-electron chi connectivity index (χ1n) is 8.38. The number of aliphatic carboxylic acids is 3. The van der Waals surface area contributed by atoms with E-state index in [9.17, 15) is 28.8 Å². The van der Waals surface area contributed by atoms with Gasteiger partial charge in [0.2, 0.25) is 17.7 Å². The summed E-state index contributed by atoms with van der Waals surface area (Å²) in [6.45, 7) is -0.733. The molecule has 0 radical (unpaired) electrons.